The minimum absolute atomic E-state index is 0.133. The number of nitrogens with zero attached hydrogens (tertiary/aromatic N) is 3. The van der Waals surface area contributed by atoms with E-state index in [0.29, 0.717) is 29.1 Å². The maximum atomic E-state index is 11.7. The van der Waals surface area contributed by atoms with Crippen LogP contribution in [0.25, 0.3) is 0 Å². The first-order valence-electron chi connectivity index (χ1n) is 6.04. The molecule has 7 nitrogen and oxygen atoms in total. The molecule has 2 aromatic rings. The summed E-state index contributed by atoms with van der Waals surface area (Å²) in [6.45, 7) is 1.80. The molecule has 0 unspecified atom stereocenters. The quantitative estimate of drug-likeness (QED) is 0.862. The van der Waals surface area contributed by atoms with Crippen molar-refractivity contribution in [2.45, 2.75) is 25.8 Å². The van der Waals surface area contributed by atoms with E-state index in [-0.39, 0.29) is 5.91 Å². The third kappa shape index (κ3) is 2.87. The number of carbonyl (C=O) groups excluding carboxylic acids is 1. The number of rotatable bonds is 4. The highest BCUT2D eigenvalue weighted by molar-refractivity contribution is 5.94. The number of nitrogens with one attached hydrogen (secondary N) is 2. The van der Waals surface area contributed by atoms with Crippen LogP contribution in [0.5, 0.6) is 0 Å². The standard InChI is InChI=1S/C12H13N5O2/c1-7-4-10(17-19-7)16-12-13-5-8(6-14-12)11(18)15-9-2-3-9/h4-6,9H,2-3H2,1H3,(H,15,18)(H,13,14,16,17). The first kappa shape index (κ1) is 11.6. The summed E-state index contributed by atoms with van der Waals surface area (Å²) in [5.41, 5.74) is 0.453. The Hall–Kier alpha value is -2.44. The zero-order chi connectivity index (χ0) is 13.2. The Morgan fingerprint density at radius 3 is 2.68 bits per heavy atom. The first-order valence-corrected chi connectivity index (χ1v) is 6.04. The fourth-order valence-electron chi connectivity index (χ4n) is 1.55. The van der Waals surface area contributed by atoms with Gasteiger partial charge < -0.3 is 15.2 Å². The average Bonchev–Trinajstić information content (AvgIpc) is 3.12. The highest BCUT2D eigenvalue weighted by Crippen LogP contribution is 2.19. The van der Waals surface area contributed by atoms with E-state index in [9.17, 15) is 4.79 Å². The molecule has 0 radical (unpaired) electrons. The maximum absolute atomic E-state index is 11.7. The lowest BCUT2D eigenvalue weighted by Gasteiger charge is -2.03. The molecule has 1 saturated carbocycles. The summed E-state index contributed by atoms with van der Waals surface area (Å²) >= 11 is 0. The molecule has 98 valence electrons. The Morgan fingerprint density at radius 1 is 1.37 bits per heavy atom. The van der Waals surface area contributed by atoms with E-state index in [1.165, 1.54) is 12.4 Å². The summed E-state index contributed by atoms with van der Waals surface area (Å²) < 4.78 is 4.92. The van der Waals surface area contributed by atoms with E-state index < -0.39 is 0 Å². The summed E-state index contributed by atoms with van der Waals surface area (Å²) in [7, 11) is 0. The summed E-state index contributed by atoms with van der Waals surface area (Å²) in [4.78, 5) is 19.9. The van der Waals surface area contributed by atoms with Gasteiger partial charge in [0, 0.05) is 24.5 Å². The molecule has 1 fully saturated rings. The predicted molar refractivity (Wildman–Crippen MR) is 67.0 cm³/mol. The van der Waals surface area contributed by atoms with E-state index in [1.807, 2.05) is 0 Å². The smallest absolute Gasteiger partial charge is 0.254 e. The lowest BCUT2D eigenvalue weighted by atomic mass is 10.3. The van der Waals surface area contributed by atoms with Gasteiger partial charge in [0.1, 0.15) is 5.76 Å². The molecule has 1 amide bonds. The lowest BCUT2D eigenvalue weighted by Crippen LogP contribution is -2.25. The van der Waals surface area contributed by atoms with Crippen LogP contribution in [0.2, 0.25) is 0 Å². The second-order valence-corrected chi connectivity index (χ2v) is 4.49. The van der Waals surface area contributed by atoms with Gasteiger partial charge in [0.2, 0.25) is 5.95 Å². The predicted octanol–water partition coefficient (Wildman–Crippen LogP) is 1.41. The van der Waals surface area contributed by atoms with Crippen molar-refractivity contribution in [3.05, 3.63) is 29.8 Å². The molecule has 19 heavy (non-hydrogen) atoms. The van der Waals surface area contributed by atoms with Crippen LogP contribution in [0.3, 0.4) is 0 Å². The first-order chi connectivity index (χ1) is 9.20. The molecule has 0 aromatic carbocycles. The van der Waals surface area contributed by atoms with E-state index >= 15 is 0 Å². The fourth-order valence-corrected chi connectivity index (χ4v) is 1.55. The summed E-state index contributed by atoms with van der Waals surface area (Å²) in [5.74, 6) is 1.47. The van der Waals surface area contributed by atoms with Gasteiger partial charge in [-0.2, -0.15) is 0 Å². The number of carbonyl (C=O) groups is 1. The van der Waals surface area contributed by atoms with Crippen LogP contribution in [-0.4, -0.2) is 27.1 Å². The fraction of sp³-hybridized carbons (Fsp3) is 0.333. The Morgan fingerprint density at radius 2 is 2.11 bits per heavy atom. The Bertz CT molecular complexity index is 588. The third-order valence-corrected chi connectivity index (χ3v) is 2.69. The molecular weight excluding hydrogens is 246 g/mol. The number of aryl methyl sites for hydroxylation is 1. The Labute approximate surface area is 109 Å². The summed E-state index contributed by atoms with van der Waals surface area (Å²) in [6.07, 6.45) is 5.08. The van der Waals surface area contributed by atoms with Gasteiger partial charge in [0.15, 0.2) is 5.82 Å². The van der Waals surface area contributed by atoms with Crippen LogP contribution >= 0.6 is 0 Å². The van der Waals surface area contributed by atoms with Crippen LogP contribution in [-0.2, 0) is 0 Å². The molecule has 2 heterocycles. The van der Waals surface area contributed by atoms with Gasteiger partial charge in [0.05, 0.1) is 5.56 Å². The SMILES string of the molecule is Cc1cc(Nc2ncc(C(=O)NC3CC3)cn2)no1. The van der Waals surface area contributed by atoms with Gasteiger partial charge in [-0.25, -0.2) is 9.97 Å². The van der Waals surface area contributed by atoms with E-state index in [0.717, 1.165) is 12.8 Å². The molecule has 2 aromatic heterocycles. The van der Waals surface area contributed by atoms with Gasteiger partial charge in [-0.3, -0.25) is 4.79 Å². The Kier molecular flexibility index (Phi) is 2.86. The second-order valence-electron chi connectivity index (χ2n) is 4.49. The largest absolute Gasteiger partial charge is 0.360 e. The van der Waals surface area contributed by atoms with Gasteiger partial charge in [-0.05, 0) is 19.8 Å². The molecule has 3 rings (SSSR count). The Balaban J connectivity index is 1.66. The monoisotopic (exact) mass is 259 g/mol. The zero-order valence-electron chi connectivity index (χ0n) is 10.4. The van der Waals surface area contributed by atoms with Crippen molar-refractivity contribution in [2.24, 2.45) is 0 Å². The van der Waals surface area contributed by atoms with Crippen LogP contribution in [0.4, 0.5) is 11.8 Å². The van der Waals surface area contributed by atoms with Crippen molar-refractivity contribution < 1.29 is 9.32 Å². The highest BCUT2D eigenvalue weighted by Gasteiger charge is 2.24. The van der Waals surface area contributed by atoms with Gasteiger partial charge in [0.25, 0.3) is 5.91 Å². The van der Waals surface area contributed by atoms with Gasteiger partial charge >= 0.3 is 0 Å². The number of aromatic nitrogens is 3. The molecule has 0 bridgehead atoms. The van der Waals surface area contributed by atoms with Gasteiger partial charge in [-0.1, -0.05) is 5.16 Å². The average molecular weight is 259 g/mol. The van der Waals surface area contributed by atoms with E-state index in [1.54, 1.807) is 13.0 Å². The normalized spacial score (nSPS) is 14.2. The molecule has 1 aliphatic carbocycles. The van der Waals surface area contributed by atoms with E-state index in [4.69, 9.17) is 4.52 Å². The lowest BCUT2D eigenvalue weighted by molar-refractivity contribution is 0.0950. The number of amides is 1. The van der Waals surface area contributed by atoms with Crippen molar-refractivity contribution in [1.82, 2.24) is 20.4 Å². The summed E-state index contributed by atoms with van der Waals surface area (Å²) in [5, 5.41) is 9.53. The van der Waals surface area contributed by atoms with Crippen molar-refractivity contribution >= 4 is 17.7 Å². The molecule has 7 heteroatoms. The molecule has 1 aliphatic rings. The zero-order valence-corrected chi connectivity index (χ0v) is 10.4. The molecule has 0 spiro atoms. The summed E-state index contributed by atoms with van der Waals surface area (Å²) in [6, 6.07) is 2.06. The molecule has 2 N–H and O–H groups in total. The van der Waals surface area contributed by atoms with Crippen LogP contribution in [0.1, 0.15) is 29.0 Å². The third-order valence-electron chi connectivity index (χ3n) is 2.69. The van der Waals surface area contributed by atoms with Crippen LogP contribution < -0.4 is 10.6 Å². The molecular formula is C12H13N5O2. The minimum Gasteiger partial charge on any atom is -0.360 e. The number of anilines is 2. The second kappa shape index (κ2) is 4.68. The highest BCUT2D eigenvalue weighted by atomic mass is 16.5. The minimum atomic E-state index is -0.133. The topological polar surface area (TPSA) is 92.9 Å². The van der Waals surface area contributed by atoms with Crippen molar-refractivity contribution in [1.29, 1.82) is 0 Å². The molecule has 0 atom stereocenters. The van der Waals surface area contributed by atoms with Gasteiger partial charge in [-0.15, -0.1) is 0 Å². The molecule has 0 saturated heterocycles. The van der Waals surface area contributed by atoms with Crippen LogP contribution in [0.15, 0.2) is 23.0 Å². The number of hydrogen-bond acceptors (Lipinski definition) is 6. The maximum Gasteiger partial charge on any atom is 0.254 e. The molecule has 0 aliphatic heterocycles. The van der Waals surface area contributed by atoms with Crippen LogP contribution in [0, 0.1) is 6.92 Å². The number of hydrogen-bond donors (Lipinski definition) is 2. The van der Waals surface area contributed by atoms with Crippen molar-refractivity contribution in [3.8, 4) is 0 Å². The van der Waals surface area contributed by atoms with Crippen molar-refractivity contribution in [2.75, 3.05) is 5.32 Å². The van der Waals surface area contributed by atoms with Crippen molar-refractivity contribution in [3.63, 3.8) is 0 Å². The van der Waals surface area contributed by atoms with E-state index in [2.05, 4.69) is 25.8 Å².